The van der Waals surface area contributed by atoms with Crippen LogP contribution in [0.5, 0.6) is 0 Å². The van der Waals surface area contributed by atoms with E-state index in [4.69, 9.17) is 0 Å². The molecule has 4 heteroatoms. The highest BCUT2D eigenvalue weighted by atomic mass is 79.9. The zero-order valence-electron chi connectivity index (χ0n) is 5.32. The van der Waals surface area contributed by atoms with E-state index in [1.54, 1.807) is 6.07 Å². The van der Waals surface area contributed by atoms with Crippen molar-refractivity contribution in [2.45, 2.75) is 3.74 Å². The monoisotopic (exact) mass is 344 g/mol. The molecule has 11 heavy (non-hydrogen) atoms. The van der Waals surface area contributed by atoms with Gasteiger partial charge in [-0.15, -0.1) is 0 Å². The van der Waals surface area contributed by atoms with Gasteiger partial charge in [0.15, 0.2) is 0 Å². The Bertz CT molecular complexity index is 260. The van der Waals surface area contributed by atoms with Gasteiger partial charge >= 0.3 is 0 Å². The van der Waals surface area contributed by atoms with Gasteiger partial charge in [0, 0.05) is 4.47 Å². The Labute approximate surface area is 89.6 Å². The molecule has 0 saturated carbocycles. The molecule has 1 aromatic rings. The van der Waals surface area contributed by atoms with Gasteiger partial charge < -0.3 is 0 Å². The van der Waals surface area contributed by atoms with Gasteiger partial charge in [0.05, 0.1) is 3.74 Å². The van der Waals surface area contributed by atoms with Crippen molar-refractivity contribution in [3.05, 3.63) is 34.1 Å². The third kappa shape index (κ3) is 2.53. The lowest BCUT2D eigenvalue weighted by Crippen LogP contribution is -1.83. The Hall–Kier alpha value is 0.590. The molecular weight excluding hydrogens is 343 g/mol. The summed E-state index contributed by atoms with van der Waals surface area (Å²) >= 11 is 9.89. The first-order chi connectivity index (χ1) is 5.11. The first-order valence-corrected chi connectivity index (χ1v) is 5.47. The Kier molecular flexibility index (Phi) is 3.52. The Morgan fingerprint density at radius 1 is 1.27 bits per heavy atom. The van der Waals surface area contributed by atoms with Crippen LogP contribution in [0.15, 0.2) is 22.7 Å². The van der Waals surface area contributed by atoms with Crippen LogP contribution in [0.2, 0.25) is 0 Å². The highest BCUT2D eigenvalue weighted by Crippen LogP contribution is 2.34. The van der Waals surface area contributed by atoms with E-state index in [0.29, 0.717) is 0 Å². The minimum Gasteiger partial charge on any atom is -0.207 e. The molecule has 0 radical (unpaired) electrons. The van der Waals surface area contributed by atoms with Crippen LogP contribution in [0, 0.1) is 5.82 Å². The summed E-state index contributed by atoms with van der Waals surface area (Å²) in [5.74, 6) is -0.235. The fourth-order valence-corrected chi connectivity index (χ4v) is 2.67. The molecule has 0 atom stereocenters. The second-order valence-corrected chi connectivity index (χ2v) is 5.88. The van der Waals surface area contributed by atoms with Crippen LogP contribution in [0.25, 0.3) is 0 Å². The van der Waals surface area contributed by atoms with Gasteiger partial charge in [-0.3, -0.25) is 0 Å². The molecule has 0 N–H and O–H groups in total. The fraction of sp³-hybridized carbons (Fsp3) is 0.143. The molecular formula is C7H4Br3F. The number of alkyl halides is 2. The predicted octanol–water partition coefficient (Wildman–Crippen LogP) is 4.38. The van der Waals surface area contributed by atoms with Crippen molar-refractivity contribution >= 4 is 47.8 Å². The van der Waals surface area contributed by atoms with Crippen LogP contribution >= 0.6 is 47.8 Å². The van der Waals surface area contributed by atoms with Gasteiger partial charge in [-0.05, 0) is 17.7 Å². The molecule has 0 spiro atoms. The molecule has 60 valence electrons. The van der Waals surface area contributed by atoms with Crippen LogP contribution < -0.4 is 0 Å². The third-order valence-electron chi connectivity index (χ3n) is 1.20. The van der Waals surface area contributed by atoms with Crippen molar-refractivity contribution < 1.29 is 4.39 Å². The first-order valence-electron chi connectivity index (χ1n) is 2.84. The minimum absolute atomic E-state index is 0.0602. The SMILES string of the molecule is Fc1ccc(C(Br)Br)c(Br)c1. The van der Waals surface area contributed by atoms with Crippen LogP contribution in [-0.2, 0) is 0 Å². The van der Waals surface area contributed by atoms with E-state index >= 15 is 0 Å². The van der Waals surface area contributed by atoms with Crippen LogP contribution in [0.3, 0.4) is 0 Å². The lowest BCUT2D eigenvalue weighted by molar-refractivity contribution is 0.626. The number of halogens is 4. The summed E-state index contributed by atoms with van der Waals surface area (Å²) in [5.41, 5.74) is 0.978. The van der Waals surface area contributed by atoms with Gasteiger partial charge in [0.25, 0.3) is 0 Å². The number of benzene rings is 1. The summed E-state index contributed by atoms with van der Waals surface area (Å²) in [4.78, 5) is 0. The molecule has 0 bridgehead atoms. The third-order valence-corrected chi connectivity index (χ3v) is 2.87. The smallest absolute Gasteiger partial charge is 0.124 e. The summed E-state index contributed by atoms with van der Waals surface area (Å²) in [7, 11) is 0. The molecule has 1 rings (SSSR count). The topological polar surface area (TPSA) is 0 Å². The predicted molar refractivity (Wildman–Crippen MR) is 54.7 cm³/mol. The average molecular weight is 347 g/mol. The van der Waals surface area contributed by atoms with Crippen molar-refractivity contribution in [2.75, 3.05) is 0 Å². The Morgan fingerprint density at radius 2 is 1.91 bits per heavy atom. The first kappa shape index (κ1) is 9.68. The lowest BCUT2D eigenvalue weighted by atomic mass is 10.2. The van der Waals surface area contributed by atoms with Crippen molar-refractivity contribution in [1.82, 2.24) is 0 Å². The van der Waals surface area contributed by atoms with Gasteiger partial charge in [-0.25, -0.2) is 4.39 Å². The van der Waals surface area contributed by atoms with Gasteiger partial charge in [0.1, 0.15) is 5.82 Å². The summed E-state index contributed by atoms with van der Waals surface area (Å²) in [6.07, 6.45) is 0. The number of hydrogen-bond acceptors (Lipinski definition) is 0. The summed E-state index contributed by atoms with van der Waals surface area (Å²) < 4.78 is 13.4. The molecule has 0 heterocycles. The number of hydrogen-bond donors (Lipinski definition) is 0. The molecule has 1 aromatic carbocycles. The van der Waals surface area contributed by atoms with E-state index in [1.165, 1.54) is 12.1 Å². The molecule has 0 saturated heterocycles. The highest BCUT2D eigenvalue weighted by Gasteiger charge is 2.06. The standard InChI is InChI=1S/C7H4Br3F/c8-6-3-4(11)1-2-5(6)7(9)10/h1-3,7H. The molecule has 0 fully saturated rings. The van der Waals surface area contributed by atoms with Gasteiger partial charge in [0.2, 0.25) is 0 Å². The van der Waals surface area contributed by atoms with Crippen LogP contribution in [0.4, 0.5) is 4.39 Å². The van der Waals surface area contributed by atoms with Crippen molar-refractivity contribution in [1.29, 1.82) is 0 Å². The quantitative estimate of drug-likeness (QED) is 0.662. The summed E-state index contributed by atoms with van der Waals surface area (Å²) in [5, 5.41) is 0. The zero-order chi connectivity index (χ0) is 8.43. The van der Waals surface area contributed by atoms with E-state index in [0.717, 1.165) is 10.0 Å². The molecule has 0 aliphatic rings. The number of rotatable bonds is 1. The maximum Gasteiger partial charge on any atom is 0.124 e. The highest BCUT2D eigenvalue weighted by molar-refractivity contribution is 9.24. The molecule has 0 amide bonds. The minimum atomic E-state index is -0.235. The van der Waals surface area contributed by atoms with Crippen LogP contribution in [0.1, 0.15) is 9.30 Å². The van der Waals surface area contributed by atoms with E-state index in [9.17, 15) is 4.39 Å². The largest absolute Gasteiger partial charge is 0.207 e. The van der Waals surface area contributed by atoms with Gasteiger partial charge in [-0.1, -0.05) is 53.9 Å². The molecule has 0 aromatic heterocycles. The Balaban J connectivity index is 3.09. The molecule has 0 unspecified atom stereocenters. The zero-order valence-corrected chi connectivity index (χ0v) is 10.1. The molecule has 0 aliphatic carbocycles. The van der Waals surface area contributed by atoms with E-state index in [-0.39, 0.29) is 9.55 Å². The fourth-order valence-electron chi connectivity index (χ4n) is 0.678. The normalized spacial score (nSPS) is 10.6. The molecule has 0 nitrogen and oxygen atoms in total. The maximum atomic E-state index is 12.6. The van der Waals surface area contributed by atoms with Crippen molar-refractivity contribution in [3.8, 4) is 0 Å². The van der Waals surface area contributed by atoms with Crippen LogP contribution in [-0.4, -0.2) is 0 Å². The lowest BCUT2D eigenvalue weighted by Gasteiger charge is -2.03. The Morgan fingerprint density at radius 3 is 2.36 bits per heavy atom. The van der Waals surface area contributed by atoms with Gasteiger partial charge in [-0.2, -0.15) is 0 Å². The van der Waals surface area contributed by atoms with E-state index in [2.05, 4.69) is 47.8 Å². The summed E-state index contributed by atoms with van der Waals surface area (Å²) in [6.45, 7) is 0. The van der Waals surface area contributed by atoms with Crippen molar-refractivity contribution in [3.63, 3.8) is 0 Å². The maximum absolute atomic E-state index is 12.6. The second kappa shape index (κ2) is 4.01. The van der Waals surface area contributed by atoms with E-state index < -0.39 is 0 Å². The van der Waals surface area contributed by atoms with Crippen molar-refractivity contribution in [2.24, 2.45) is 0 Å². The summed E-state index contributed by atoms with van der Waals surface area (Å²) in [6, 6.07) is 4.58. The molecule has 0 aliphatic heterocycles. The average Bonchev–Trinajstić information content (AvgIpc) is 1.85. The second-order valence-electron chi connectivity index (χ2n) is 1.97. The van der Waals surface area contributed by atoms with E-state index in [1.807, 2.05) is 0 Å².